The summed E-state index contributed by atoms with van der Waals surface area (Å²) >= 11 is 0. The van der Waals surface area contributed by atoms with Gasteiger partial charge in [0.2, 0.25) is 17.3 Å². The predicted molar refractivity (Wildman–Crippen MR) is 60.6 cm³/mol. The Morgan fingerprint density at radius 2 is 1.82 bits per heavy atom. The van der Waals surface area contributed by atoms with E-state index in [2.05, 4.69) is 12.5 Å². The Bertz CT molecular complexity index is 504. The van der Waals surface area contributed by atoms with Crippen molar-refractivity contribution >= 4 is 23.1 Å². The number of carbonyl (C=O) groups is 4. The van der Waals surface area contributed by atoms with E-state index < -0.39 is 23.1 Å². The minimum atomic E-state index is -0.938. The molecule has 84 valence electrons. The standard InChI is InChI=1S/C13H8O4/c1-3-7-11(15)13(17)9-6-5-8-12(16)10(14)4-2/h1,4,6,9H,2,7H2. The highest BCUT2D eigenvalue weighted by Gasteiger charge is 2.07. The van der Waals surface area contributed by atoms with E-state index in [0.717, 1.165) is 18.2 Å². The molecule has 0 saturated heterocycles. The molecular formula is C13H8O4. The van der Waals surface area contributed by atoms with Gasteiger partial charge in [-0.3, -0.25) is 19.2 Å². The molecule has 0 bridgehead atoms. The lowest BCUT2D eigenvalue weighted by molar-refractivity contribution is -0.133. The number of hydrogen-bond donors (Lipinski definition) is 0. The summed E-state index contributed by atoms with van der Waals surface area (Å²) in [6.07, 6.45) is 7.28. The van der Waals surface area contributed by atoms with Crippen molar-refractivity contribution in [2.75, 3.05) is 0 Å². The van der Waals surface area contributed by atoms with Crippen LogP contribution in [0.5, 0.6) is 0 Å². The predicted octanol–water partition coefficient (Wildman–Crippen LogP) is 0.0317. The van der Waals surface area contributed by atoms with Gasteiger partial charge in [0.15, 0.2) is 0 Å². The molecule has 0 rings (SSSR count). The number of Topliss-reactive ketones (excluding diaryl/α,β-unsaturated/α-hetero) is 2. The van der Waals surface area contributed by atoms with E-state index in [1.54, 1.807) is 0 Å². The van der Waals surface area contributed by atoms with E-state index in [4.69, 9.17) is 6.42 Å². The van der Waals surface area contributed by atoms with Gasteiger partial charge in [0.1, 0.15) is 0 Å². The molecule has 0 aliphatic heterocycles. The van der Waals surface area contributed by atoms with Crippen LogP contribution in [0.1, 0.15) is 6.42 Å². The molecule has 4 nitrogen and oxygen atoms in total. The van der Waals surface area contributed by atoms with Crippen LogP contribution in [0.25, 0.3) is 0 Å². The molecule has 0 aromatic heterocycles. The number of hydrogen-bond acceptors (Lipinski definition) is 4. The average Bonchev–Trinajstić information content (AvgIpc) is 2.33. The Hall–Kier alpha value is -2.72. The Labute approximate surface area is 98.4 Å². The fourth-order valence-electron chi connectivity index (χ4n) is 0.652. The summed E-state index contributed by atoms with van der Waals surface area (Å²) in [5, 5.41) is 0. The first-order chi connectivity index (χ1) is 8.02. The van der Waals surface area contributed by atoms with Crippen molar-refractivity contribution in [3.05, 3.63) is 24.8 Å². The number of terminal acetylenes is 1. The summed E-state index contributed by atoms with van der Waals surface area (Å²) in [4.78, 5) is 43.4. The molecule has 0 fully saturated rings. The number of ketones is 4. The monoisotopic (exact) mass is 228 g/mol. The number of rotatable bonds is 5. The zero-order valence-electron chi connectivity index (χ0n) is 8.86. The summed E-state index contributed by atoms with van der Waals surface area (Å²) in [6.45, 7) is 3.11. The Morgan fingerprint density at radius 1 is 1.18 bits per heavy atom. The van der Waals surface area contributed by atoms with Crippen LogP contribution in [-0.2, 0) is 19.2 Å². The van der Waals surface area contributed by atoms with Gasteiger partial charge >= 0.3 is 0 Å². The molecule has 0 saturated carbocycles. The minimum absolute atomic E-state index is 0.287. The van der Waals surface area contributed by atoms with Crippen LogP contribution < -0.4 is 0 Å². The highest BCUT2D eigenvalue weighted by atomic mass is 16.2. The third kappa shape index (κ3) is 5.66. The molecule has 0 heterocycles. The summed E-state index contributed by atoms with van der Waals surface area (Å²) in [5.41, 5.74) is 0. The van der Waals surface area contributed by atoms with Crippen molar-refractivity contribution in [3.63, 3.8) is 0 Å². The molecule has 0 radical (unpaired) electrons. The van der Waals surface area contributed by atoms with Gasteiger partial charge in [-0.15, -0.1) is 6.42 Å². The maximum absolute atomic E-state index is 11.0. The molecular weight excluding hydrogens is 220 g/mol. The van der Waals surface area contributed by atoms with Crippen LogP contribution in [0.2, 0.25) is 0 Å². The molecule has 0 aliphatic rings. The van der Waals surface area contributed by atoms with Gasteiger partial charge in [0.25, 0.3) is 5.78 Å². The third-order valence-corrected chi connectivity index (χ3v) is 1.45. The zero-order valence-corrected chi connectivity index (χ0v) is 8.86. The van der Waals surface area contributed by atoms with Crippen molar-refractivity contribution < 1.29 is 19.2 Å². The molecule has 0 aromatic rings. The van der Waals surface area contributed by atoms with Crippen molar-refractivity contribution in [2.45, 2.75) is 6.42 Å². The van der Waals surface area contributed by atoms with Crippen molar-refractivity contribution in [1.29, 1.82) is 0 Å². The molecule has 0 atom stereocenters. The largest absolute Gasteiger partial charge is 0.289 e. The van der Waals surface area contributed by atoms with Crippen LogP contribution in [0, 0.1) is 24.2 Å². The SMILES string of the molecule is C#CCC(=O)C(=O)C=CC#CC(=O)C(=O)C=C. The van der Waals surface area contributed by atoms with E-state index in [1.807, 2.05) is 11.8 Å². The molecule has 0 amide bonds. The topological polar surface area (TPSA) is 68.3 Å². The molecule has 0 spiro atoms. The highest BCUT2D eigenvalue weighted by Crippen LogP contribution is 1.85. The molecule has 0 N–H and O–H groups in total. The lowest BCUT2D eigenvalue weighted by atomic mass is 10.2. The molecule has 4 heteroatoms. The van der Waals surface area contributed by atoms with Gasteiger partial charge < -0.3 is 0 Å². The maximum atomic E-state index is 11.0. The van der Waals surface area contributed by atoms with E-state index in [9.17, 15) is 19.2 Å². The van der Waals surface area contributed by atoms with Crippen LogP contribution in [0.3, 0.4) is 0 Å². The molecule has 17 heavy (non-hydrogen) atoms. The van der Waals surface area contributed by atoms with Gasteiger partial charge in [-0.05, 0) is 24.1 Å². The number of allylic oxidation sites excluding steroid dienone is 3. The second kappa shape index (κ2) is 7.56. The normalized spacial score (nSPS) is 8.65. The van der Waals surface area contributed by atoms with E-state index in [0.29, 0.717) is 0 Å². The Kier molecular flexibility index (Phi) is 6.35. The second-order valence-corrected chi connectivity index (χ2v) is 2.67. The fraction of sp³-hybridized carbons (Fsp3) is 0.0769. The Balaban J connectivity index is 4.45. The van der Waals surface area contributed by atoms with E-state index in [-0.39, 0.29) is 6.42 Å². The van der Waals surface area contributed by atoms with E-state index >= 15 is 0 Å². The lowest BCUT2D eigenvalue weighted by Gasteiger charge is -1.85. The number of carbonyl (C=O) groups excluding carboxylic acids is 4. The molecule has 0 aliphatic carbocycles. The first kappa shape index (κ1) is 14.3. The van der Waals surface area contributed by atoms with Gasteiger partial charge in [0, 0.05) is 0 Å². The van der Waals surface area contributed by atoms with Crippen molar-refractivity contribution in [3.8, 4) is 24.2 Å². The van der Waals surface area contributed by atoms with Crippen LogP contribution in [0.15, 0.2) is 24.8 Å². The molecule has 0 aromatic carbocycles. The maximum Gasteiger partial charge on any atom is 0.276 e. The first-order valence-electron chi connectivity index (χ1n) is 4.42. The van der Waals surface area contributed by atoms with E-state index in [1.165, 1.54) is 0 Å². The highest BCUT2D eigenvalue weighted by molar-refractivity contribution is 6.47. The third-order valence-electron chi connectivity index (χ3n) is 1.45. The van der Waals surface area contributed by atoms with Crippen LogP contribution in [-0.4, -0.2) is 23.1 Å². The summed E-state index contributed by atoms with van der Waals surface area (Å²) < 4.78 is 0. The Morgan fingerprint density at radius 3 is 2.35 bits per heavy atom. The molecule has 0 unspecified atom stereocenters. The van der Waals surface area contributed by atoms with Gasteiger partial charge in [-0.25, -0.2) is 0 Å². The first-order valence-corrected chi connectivity index (χ1v) is 4.42. The minimum Gasteiger partial charge on any atom is -0.289 e. The van der Waals surface area contributed by atoms with Crippen molar-refractivity contribution in [2.24, 2.45) is 0 Å². The quantitative estimate of drug-likeness (QED) is 0.288. The second-order valence-electron chi connectivity index (χ2n) is 2.67. The zero-order chi connectivity index (χ0) is 13.3. The van der Waals surface area contributed by atoms with Crippen molar-refractivity contribution in [1.82, 2.24) is 0 Å². The van der Waals surface area contributed by atoms with Gasteiger partial charge in [-0.1, -0.05) is 18.4 Å². The van der Waals surface area contributed by atoms with Gasteiger partial charge in [-0.2, -0.15) is 0 Å². The summed E-state index contributed by atoms with van der Waals surface area (Å²) in [6, 6.07) is 0. The summed E-state index contributed by atoms with van der Waals surface area (Å²) in [7, 11) is 0. The fourth-order valence-corrected chi connectivity index (χ4v) is 0.652. The van der Waals surface area contributed by atoms with Gasteiger partial charge in [0.05, 0.1) is 6.42 Å². The van der Waals surface area contributed by atoms with Crippen LogP contribution in [0.4, 0.5) is 0 Å². The van der Waals surface area contributed by atoms with Crippen LogP contribution >= 0.6 is 0 Å². The summed E-state index contributed by atoms with van der Waals surface area (Å²) in [5.74, 6) is 2.83. The average molecular weight is 228 g/mol. The lowest BCUT2D eigenvalue weighted by Crippen LogP contribution is -2.09. The smallest absolute Gasteiger partial charge is 0.276 e.